The van der Waals surface area contributed by atoms with E-state index in [1.807, 2.05) is 13.0 Å². The molecule has 0 spiro atoms. The van der Waals surface area contributed by atoms with E-state index in [9.17, 15) is 0 Å². The maximum atomic E-state index is 5.74. The van der Waals surface area contributed by atoms with Gasteiger partial charge in [-0.05, 0) is 45.6 Å². The normalized spacial score (nSPS) is 10.7. The van der Waals surface area contributed by atoms with E-state index in [-0.39, 0.29) is 0 Å². The van der Waals surface area contributed by atoms with Gasteiger partial charge in [0.2, 0.25) is 5.28 Å². The summed E-state index contributed by atoms with van der Waals surface area (Å²) in [5.74, 6) is 0.797. The first-order valence-corrected chi connectivity index (χ1v) is 5.35. The van der Waals surface area contributed by atoms with Crippen LogP contribution in [0.25, 0.3) is 0 Å². The summed E-state index contributed by atoms with van der Waals surface area (Å²) in [6, 6.07) is 1.89. The predicted molar refractivity (Wildman–Crippen MR) is 63.4 cm³/mol. The molecule has 0 radical (unpaired) electrons. The van der Waals surface area contributed by atoms with Gasteiger partial charge in [0.05, 0.1) is 0 Å². The monoisotopic (exact) mass is 228 g/mol. The lowest BCUT2D eigenvalue weighted by molar-refractivity contribution is 0.405. The van der Waals surface area contributed by atoms with Gasteiger partial charge in [-0.15, -0.1) is 0 Å². The Morgan fingerprint density at radius 3 is 2.73 bits per heavy atom. The van der Waals surface area contributed by atoms with Crippen molar-refractivity contribution in [2.24, 2.45) is 0 Å². The molecule has 84 valence electrons. The number of halogens is 1. The van der Waals surface area contributed by atoms with Crippen molar-refractivity contribution in [2.45, 2.75) is 13.3 Å². The molecule has 1 aromatic heterocycles. The summed E-state index contributed by atoms with van der Waals surface area (Å²) < 4.78 is 0. The van der Waals surface area contributed by atoms with Crippen molar-refractivity contribution in [2.75, 3.05) is 32.5 Å². The second-order valence-corrected chi connectivity index (χ2v) is 4.09. The summed E-state index contributed by atoms with van der Waals surface area (Å²) in [6.45, 7) is 3.86. The number of hydrogen-bond acceptors (Lipinski definition) is 4. The number of aryl methyl sites for hydroxylation is 1. The highest BCUT2D eigenvalue weighted by Gasteiger charge is 1.99. The molecule has 15 heavy (non-hydrogen) atoms. The van der Waals surface area contributed by atoms with Gasteiger partial charge < -0.3 is 10.2 Å². The Kier molecular flexibility index (Phi) is 4.78. The fraction of sp³-hybridized carbons (Fsp3) is 0.600. The van der Waals surface area contributed by atoms with Gasteiger partial charge in [0, 0.05) is 18.3 Å². The minimum Gasteiger partial charge on any atom is -0.370 e. The number of rotatable bonds is 5. The Bertz CT molecular complexity index is 294. The highest BCUT2D eigenvalue weighted by molar-refractivity contribution is 6.28. The Morgan fingerprint density at radius 1 is 1.40 bits per heavy atom. The third kappa shape index (κ3) is 4.95. The second-order valence-electron chi connectivity index (χ2n) is 3.75. The lowest BCUT2D eigenvalue weighted by atomic mass is 10.4. The van der Waals surface area contributed by atoms with Gasteiger partial charge >= 0.3 is 0 Å². The van der Waals surface area contributed by atoms with Crippen LogP contribution < -0.4 is 5.32 Å². The second kappa shape index (κ2) is 5.88. The minimum absolute atomic E-state index is 0.296. The lowest BCUT2D eigenvalue weighted by Crippen LogP contribution is -2.16. The summed E-state index contributed by atoms with van der Waals surface area (Å²) in [6.07, 6.45) is 1.08. The van der Waals surface area contributed by atoms with E-state index in [1.165, 1.54) is 0 Å². The Hall–Kier alpha value is -0.870. The summed E-state index contributed by atoms with van der Waals surface area (Å²) in [7, 11) is 4.12. The molecule has 4 nitrogen and oxygen atoms in total. The van der Waals surface area contributed by atoms with Crippen LogP contribution in [0.1, 0.15) is 12.1 Å². The molecule has 0 fully saturated rings. The molecule has 0 aromatic carbocycles. The van der Waals surface area contributed by atoms with Crippen LogP contribution in [0.15, 0.2) is 6.07 Å². The van der Waals surface area contributed by atoms with Crippen LogP contribution in [0.5, 0.6) is 0 Å². The highest BCUT2D eigenvalue weighted by Crippen LogP contribution is 2.09. The zero-order valence-corrected chi connectivity index (χ0v) is 10.2. The molecular formula is C10H17ClN4. The van der Waals surface area contributed by atoms with Crippen molar-refractivity contribution < 1.29 is 0 Å². The van der Waals surface area contributed by atoms with Gasteiger partial charge in [-0.3, -0.25) is 0 Å². The molecule has 5 heteroatoms. The van der Waals surface area contributed by atoms with E-state index in [1.54, 1.807) is 0 Å². The van der Waals surface area contributed by atoms with E-state index < -0.39 is 0 Å². The summed E-state index contributed by atoms with van der Waals surface area (Å²) >= 11 is 5.74. The largest absolute Gasteiger partial charge is 0.370 e. The van der Waals surface area contributed by atoms with Gasteiger partial charge in [0.1, 0.15) is 5.82 Å². The minimum atomic E-state index is 0.296. The van der Waals surface area contributed by atoms with E-state index >= 15 is 0 Å². The molecule has 1 aromatic rings. The average Bonchev–Trinajstić information content (AvgIpc) is 2.10. The van der Waals surface area contributed by atoms with Crippen molar-refractivity contribution in [1.82, 2.24) is 14.9 Å². The van der Waals surface area contributed by atoms with Crippen molar-refractivity contribution in [3.63, 3.8) is 0 Å². The first-order chi connectivity index (χ1) is 7.08. The number of nitrogens with zero attached hydrogens (tertiary/aromatic N) is 3. The zero-order valence-electron chi connectivity index (χ0n) is 9.42. The highest BCUT2D eigenvalue weighted by atomic mass is 35.5. The third-order valence-corrected chi connectivity index (χ3v) is 2.08. The van der Waals surface area contributed by atoms with Gasteiger partial charge in [0.15, 0.2) is 0 Å². The first kappa shape index (κ1) is 12.2. The van der Waals surface area contributed by atoms with Crippen LogP contribution in [-0.4, -0.2) is 42.1 Å². The molecule has 1 rings (SSSR count). The molecule has 0 saturated carbocycles. The van der Waals surface area contributed by atoms with Crippen LogP contribution in [0.2, 0.25) is 5.28 Å². The predicted octanol–water partition coefficient (Wildman–Crippen LogP) is 1.80. The average molecular weight is 229 g/mol. The number of nitrogens with one attached hydrogen (secondary N) is 1. The number of anilines is 1. The zero-order chi connectivity index (χ0) is 11.3. The molecule has 0 aliphatic carbocycles. The Labute approximate surface area is 95.7 Å². The smallest absolute Gasteiger partial charge is 0.224 e. The molecule has 0 unspecified atom stereocenters. The van der Waals surface area contributed by atoms with Crippen molar-refractivity contribution >= 4 is 17.4 Å². The molecule has 1 heterocycles. The van der Waals surface area contributed by atoms with E-state index in [4.69, 9.17) is 11.6 Å². The fourth-order valence-electron chi connectivity index (χ4n) is 1.23. The SMILES string of the molecule is Cc1cc(NCCCN(C)C)nc(Cl)n1. The summed E-state index contributed by atoms with van der Waals surface area (Å²) in [5, 5.41) is 3.52. The number of aromatic nitrogens is 2. The quantitative estimate of drug-likeness (QED) is 0.617. The third-order valence-electron chi connectivity index (χ3n) is 1.92. The molecule has 0 aliphatic rings. The molecular weight excluding hydrogens is 212 g/mol. The molecule has 0 bridgehead atoms. The van der Waals surface area contributed by atoms with E-state index in [0.717, 1.165) is 31.0 Å². The Balaban J connectivity index is 2.37. The molecule has 0 aliphatic heterocycles. The molecule has 0 saturated heterocycles. The van der Waals surface area contributed by atoms with Crippen LogP contribution in [0.3, 0.4) is 0 Å². The lowest BCUT2D eigenvalue weighted by Gasteiger charge is -2.10. The van der Waals surface area contributed by atoms with Crippen LogP contribution >= 0.6 is 11.6 Å². The van der Waals surface area contributed by atoms with Crippen molar-refractivity contribution in [3.05, 3.63) is 17.0 Å². The molecule has 0 atom stereocenters. The van der Waals surface area contributed by atoms with Crippen LogP contribution in [0, 0.1) is 6.92 Å². The summed E-state index contributed by atoms with van der Waals surface area (Å²) in [4.78, 5) is 10.2. The number of hydrogen-bond donors (Lipinski definition) is 1. The molecule has 0 amide bonds. The van der Waals surface area contributed by atoms with Gasteiger partial charge in [-0.25, -0.2) is 9.97 Å². The van der Waals surface area contributed by atoms with Gasteiger partial charge in [0.25, 0.3) is 0 Å². The molecule has 1 N–H and O–H groups in total. The standard InChI is InChI=1S/C10H17ClN4/c1-8-7-9(14-10(11)13-8)12-5-4-6-15(2)3/h7H,4-6H2,1-3H3,(H,12,13,14). The summed E-state index contributed by atoms with van der Waals surface area (Å²) in [5.41, 5.74) is 0.880. The van der Waals surface area contributed by atoms with Crippen molar-refractivity contribution in [1.29, 1.82) is 0 Å². The van der Waals surface area contributed by atoms with E-state index in [2.05, 4.69) is 34.3 Å². The Morgan fingerprint density at radius 2 is 2.13 bits per heavy atom. The first-order valence-electron chi connectivity index (χ1n) is 4.97. The van der Waals surface area contributed by atoms with Gasteiger partial charge in [-0.1, -0.05) is 0 Å². The fourth-order valence-corrected chi connectivity index (χ4v) is 1.46. The van der Waals surface area contributed by atoms with Gasteiger partial charge in [-0.2, -0.15) is 0 Å². The van der Waals surface area contributed by atoms with E-state index in [0.29, 0.717) is 5.28 Å². The maximum absolute atomic E-state index is 5.74. The maximum Gasteiger partial charge on any atom is 0.224 e. The van der Waals surface area contributed by atoms with Crippen LogP contribution in [-0.2, 0) is 0 Å². The van der Waals surface area contributed by atoms with Crippen molar-refractivity contribution in [3.8, 4) is 0 Å². The topological polar surface area (TPSA) is 41.0 Å². The van der Waals surface area contributed by atoms with Crippen LogP contribution in [0.4, 0.5) is 5.82 Å².